The van der Waals surface area contributed by atoms with Crippen LogP contribution in [0.4, 0.5) is 11.4 Å². The van der Waals surface area contributed by atoms with E-state index in [1.54, 1.807) is 12.1 Å². The van der Waals surface area contributed by atoms with Gasteiger partial charge in [0.1, 0.15) is 0 Å². The first kappa shape index (κ1) is 31.0. The van der Waals surface area contributed by atoms with Gasteiger partial charge in [0.15, 0.2) is 5.78 Å². The first-order valence-corrected chi connectivity index (χ1v) is 16.3. The topological polar surface area (TPSA) is 104 Å². The van der Waals surface area contributed by atoms with E-state index in [-0.39, 0.29) is 18.9 Å². The first-order chi connectivity index (χ1) is 21.2. The van der Waals surface area contributed by atoms with E-state index in [2.05, 4.69) is 31.9 Å². The lowest BCUT2D eigenvalue weighted by Gasteiger charge is -2.33. The Bertz CT molecular complexity index is 1500. The number of halogens is 2. The molecule has 4 N–H and O–H groups in total. The molecule has 0 amide bonds. The number of carbonyl (C=O) groups excluding carboxylic acids is 1. The van der Waals surface area contributed by atoms with Crippen LogP contribution in [0.3, 0.4) is 0 Å². The molecule has 6 rings (SSSR count). The third-order valence-electron chi connectivity index (χ3n) is 8.71. The summed E-state index contributed by atoms with van der Waals surface area (Å²) in [5.74, 6) is -0.215. The maximum absolute atomic E-state index is 14.4. The SMILES string of the molecule is O=C(c1ccccc1N1C[C@@H](O)C[C@H]1[C@H](O)c1ccc(Br)cc1)c1ccccc1N1C[C@@H](O)C[C@H]1[C@H](O)c1ccc(Br)cc1. The molecule has 2 heterocycles. The summed E-state index contributed by atoms with van der Waals surface area (Å²) >= 11 is 6.88. The van der Waals surface area contributed by atoms with Crippen molar-refractivity contribution in [3.63, 3.8) is 0 Å². The van der Waals surface area contributed by atoms with Crippen molar-refractivity contribution in [3.8, 4) is 0 Å². The lowest BCUT2D eigenvalue weighted by molar-refractivity contribution is 0.103. The molecule has 7 nitrogen and oxygen atoms in total. The molecule has 4 aromatic rings. The molecular weight excluding hydrogens is 688 g/mol. The van der Waals surface area contributed by atoms with Crippen molar-refractivity contribution in [2.75, 3.05) is 22.9 Å². The van der Waals surface area contributed by atoms with Gasteiger partial charge in [-0.2, -0.15) is 0 Å². The van der Waals surface area contributed by atoms with Crippen LogP contribution >= 0.6 is 31.9 Å². The minimum Gasteiger partial charge on any atom is -0.391 e. The summed E-state index contributed by atoms with van der Waals surface area (Å²) in [4.78, 5) is 18.3. The van der Waals surface area contributed by atoms with Gasteiger partial charge in [-0.05, 0) is 72.5 Å². The number of rotatable bonds is 8. The molecule has 6 atom stereocenters. The molecule has 0 aromatic heterocycles. The standard InChI is InChI=1S/C35H34Br2N2O5/c36-23-13-9-21(10-14-23)33(42)31-17-25(40)19-38(31)29-7-3-1-5-27(29)35(44)28-6-2-4-8-30(28)39-20-26(41)18-32(39)34(43)22-11-15-24(37)16-12-22/h1-16,25-26,31-34,40-43H,17-20H2/t25-,26-,31-,32-,33+,34+/m0/s1. The smallest absolute Gasteiger partial charge is 0.197 e. The van der Waals surface area contributed by atoms with E-state index in [1.807, 2.05) is 94.7 Å². The summed E-state index contributed by atoms with van der Waals surface area (Å²) in [6.45, 7) is 0.563. The predicted molar refractivity (Wildman–Crippen MR) is 178 cm³/mol. The van der Waals surface area contributed by atoms with Gasteiger partial charge in [0.05, 0.1) is 36.5 Å². The van der Waals surface area contributed by atoms with E-state index >= 15 is 0 Å². The molecule has 0 spiro atoms. The van der Waals surface area contributed by atoms with Crippen LogP contribution in [-0.2, 0) is 0 Å². The molecule has 2 fully saturated rings. The fraction of sp³-hybridized carbons (Fsp3) is 0.286. The molecule has 0 saturated carbocycles. The fourth-order valence-electron chi connectivity index (χ4n) is 6.58. The van der Waals surface area contributed by atoms with Crippen LogP contribution in [0.15, 0.2) is 106 Å². The highest BCUT2D eigenvalue weighted by Gasteiger charge is 2.40. The quantitative estimate of drug-likeness (QED) is 0.171. The van der Waals surface area contributed by atoms with Gasteiger partial charge in [0.25, 0.3) is 0 Å². The van der Waals surface area contributed by atoms with E-state index in [0.29, 0.717) is 35.3 Å². The molecule has 0 bridgehead atoms. The van der Waals surface area contributed by atoms with Crippen molar-refractivity contribution in [2.24, 2.45) is 0 Å². The number of para-hydroxylation sites is 2. The van der Waals surface area contributed by atoms with Crippen molar-refractivity contribution in [2.45, 2.75) is 49.3 Å². The van der Waals surface area contributed by atoms with Crippen LogP contribution in [0.25, 0.3) is 0 Å². The zero-order valence-corrected chi connectivity index (χ0v) is 27.0. The highest BCUT2D eigenvalue weighted by atomic mass is 79.9. The Hall–Kier alpha value is -3.05. The van der Waals surface area contributed by atoms with Gasteiger partial charge in [-0.1, -0.05) is 80.4 Å². The lowest BCUT2D eigenvalue weighted by Crippen LogP contribution is -2.36. The van der Waals surface area contributed by atoms with Gasteiger partial charge < -0.3 is 30.2 Å². The van der Waals surface area contributed by atoms with E-state index in [9.17, 15) is 25.2 Å². The second-order valence-electron chi connectivity index (χ2n) is 11.6. The number of benzene rings is 4. The summed E-state index contributed by atoms with van der Waals surface area (Å²) in [6, 6.07) is 28.6. The van der Waals surface area contributed by atoms with E-state index in [0.717, 1.165) is 20.1 Å². The zero-order valence-electron chi connectivity index (χ0n) is 23.9. The molecule has 9 heteroatoms. The number of ketones is 1. The number of hydrogen-bond donors (Lipinski definition) is 4. The average molecular weight is 722 g/mol. The van der Waals surface area contributed by atoms with Gasteiger partial charge in [0.2, 0.25) is 0 Å². The number of aliphatic hydroxyl groups is 4. The third kappa shape index (κ3) is 6.22. The minimum absolute atomic E-state index is 0.215. The number of hydrogen-bond acceptors (Lipinski definition) is 7. The van der Waals surface area contributed by atoms with Gasteiger partial charge in [-0.3, -0.25) is 4.79 Å². The van der Waals surface area contributed by atoms with Crippen LogP contribution in [0.5, 0.6) is 0 Å². The summed E-state index contributed by atoms with van der Waals surface area (Å²) in [6.07, 6.45) is -2.35. The van der Waals surface area contributed by atoms with Gasteiger partial charge >= 0.3 is 0 Å². The van der Waals surface area contributed by atoms with Crippen molar-refractivity contribution < 1.29 is 25.2 Å². The Morgan fingerprint density at radius 1 is 0.614 bits per heavy atom. The molecule has 0 aliphatic carbocycles. The van der Waals surface area contributed by atoms with E-state index in [4.69, 9.17) is 0 Å². The Morgan fingerprint density at radius 2 is 0.977 bits per heavy atom. The van der Waals surface area contributed by atoms with Gasteiger partial charge in [0, 0.05) is 44.5 Å². The van der Waals surface area contributed by atoms with Gasteiger partial charge in [-0.25, -0.2) is 0 Å². The van der Waals surface area contributed by atoms with Crippen LogP contribution in [-0.4, -0.2) is 63.6 Å². The largest absolute Gasteiger partial charge is 0.391 e. The van der Waals surface area contributed by atoms with Crippen molar-refractivity contribution >= 4 is 49.0 Å². The Labute approximate surface area is 273 Å². The maximum atomic E-state index is 14.4. The van der Waals surface area contributed by atoms with Crippen LogP contribution < -0.4 is 9.80 Å². The number of anilines is 2. The van der Waals surface area contributed by atoms with Crippen LogP contribution in [0.2, 0.25) is 0 Å². The number of aliphatic hydroxyl groups excluding tert-OH is 4. The van der Waals surface area contributed by atoms with Crippen molar-refractivity contribution in [1.29, 1.82) is 0 Å². The number of carbonyl (C=O) groups is 1. The Kier molecular flexibility index (Phi) is 9.23. The van der Waals surface area contributed by atoms with Crippen molar-refractivity contribution in [3.05, 3.63) is 128 Å². The second-order valence-corrected chi connectivity index (χ2v) is 13.4. The molecule has 228 valence electrons. The predicted octanol–water partition coefficient (Wildman–Crippen LogP) is 5.79. The summed E-state index contributed by atoms with van der Waals surface area (Å²) < 4.78 is 1.81. The molecule has 0 radical (unpaired) electrons. The van der Waals surface area contributed by atoms with Crippen LogP contribution in [0, 0.1) is 0 Å². The molecule has 2 saturated heterocycles. The Morgan fingerprint density at radius 3 is 1.36 bits per heavy atom. The highest BCUT2D eigenvalue weighted by molar-refractivity contribution is 9.10. The maximum Gasteiger partial charge on any atom is 0.197 e. The number of β-amino-alcohol motifs (C(OH)–C–C–N with tert-alkyl or cyclic N) is 2. The van der Waals surface area contributed by atoms with Crippen molar-refractivity contribution in [1.82, 2.24) is 0 Å². The summed E-state index contributed by atoms with van der Waals surface area (Å²) in [7, 11) is 0. The third-order valence-corrected chi connectivity index (χ3v) is 9.77. The summed E-state index contributed by atoms with van der Waals surface area (Å²) in [5, 5.41) is 44.2. The van der Waals surface area contributed by atoms with Gasteiger partial charge in [-0.15, -0.1) is 0 Å². The fourth-order valence-corrected chi connectivity index (χ4v) is 7.11. The zero-order chi connectivity index (χ0) is 31.0. The summed E-state index contributed by atoms with van der Waals surface area (Å²) in [5.41, 5.74) is 3.64. The molecule has 44 heavy (non-hydrogen) atoms. The highest BCUT2D eigenvalue weighted by Crippen LogP contribution is 2.39. The van der Waals surface area contributed by atoms with E-state index < -0.39 is 36.5 Å². The minimum atomic E-state index is -0.873. The lowest BCUT2D eigenvalue weighted by atomic mass is 9.95. The molecular formula is C35H34Br2N2O5. The average Bonchev–Trinajstić information content (AvgIpc) is 3.63. The normalized spacial score (nSPS) is 23.1. The second kappa shape index (κ2) is 13.1. The first-order valence-electron chi connectivity index (χ1n) is 14.7. The van der Waals surface area contributed by atoms with E-state index in [1.165, 1.54) is 0 Å². The number of nitrogens with zero attached hydrogens (tertiary/aromatic N) is 2. The Balaban J connectivity index is 1.34. The monoisotopic (exact) mass is 720 g/mol. The van der Waals surface area contributed by atoms with Crippen LogP contribution in [0.1, 0.15) is 52.1 Å². The molecule has 0 unspecified atom stereocenters. The molecule has 4 aromatic carbocycles. The molecule has 2 aliphatic heterocycles. The molecule has 2 aliphatic rings.